The van der Waals surface area contributed by atoms with Gasteiger partial charge in [0, 0.05) is 22.2 Å². The first-order valence-corrected chi connectivity index (χ1v) is 10.3. The van der Waals surface area contributed by atoms with Crippen molar-refractivity contribution in [1.82, 2.24) is 0 Å². The van der Waals surface area contributed by atoms with Crippen molar-refractivity contribution >= 4 is 52.2 Å². The molecule has 31 heavy (non-hydrogen) atoms. The van der Waals surface area contributed by atoms with Crippen molar-refractivity contribution in [3.8, 4) is 0 Å². The topological polar surface area (TPSA) is 84.5 Å². The number of ketones is 1. The quantitative estimate of drug-likeness (QED) is 0.405. The summed E-state index contributed by atoms with van der Waals surface area (Å²) in [6.45, 7) is 7.26. The molecule has 0 aliphatic heterocycles. The average molecular weight is 463 g/mol. The van der Waals surface area contributed by atoms with E-state index in [4.69, 9.17) is 27.9 Å². The SMILES string of the molecule is CCOC(=O)c1ccc(NC(=O)C(=CC(=O)C(C)(C)C)Nc2ccc(Cl)cc2Cl)cc1. The highest BCUT2D eigenvalue weighted by Crippen LogP contribution is 2.27. The summed E-state index contributed by atoms with van der Waals surface area (Å²) in [5.74, 6) is -1.24. The molecule has 8 heteroatoms. The van der Waals surface area contributed by atoms with E-state index in [1.807, 2.05) is 0 Å². The summed E-state index contributed by atoms with van der Waals surface area (Å²) in [6.07, 6.45) is 1.24. The zero-order valence-electron chi connectivity index (χ0n) is 17.7. The van der Waals surface area contributed by atoms with Crippen LogP contribution in [0.4, 0.5) is 11.4 Å². The molecule has 0 radical (unpaired) electrons. The number of carbonyl (C=O) groups excluding carboxylic acids is 3. The Morgan fingerprint density at radius 2 is 1.65 bits per heavy atom. The molecule has 6 nitrogen and oxygen atoms in total. The van der Waals surface area contributed by atoms with Gasteiger partial charge in [-0.25, -0.2) is 4.79 Å². The summed E-state index contributed by atoms with van der Waals surface area (Å²) >= 11 is 12.1. The van der Waals surface area contributed by atoms with Crippen LogP contribution in [0.1, 0.15) is 38.1 Å². The normalized spacial score (nSPS) is 11.6. The number of carbonyl (C=O) groups is 3. The highest BCUT2D eigenvalue weighted by atomic mass is 35.5. The molecule has 2 rings (SSSR count). The molecule has 0 saturated carbocycles. The minimum absolute atomic E-state index is 0.0126. The number of ether oxygens (including phenoxy) is 1. The van der Waals surface area contributed by atoms with Gasteiger partial charge in [0.05, 0.1) is 22.9 Å². The van der Waals surface area contributed by atoms with Gasteiger partial charge in [-0.05, 0) is 49.4 Å². The predicted molar refractivity (Wildman–Crippen MR) is 124 cm³/mol. The van der Waals surface area contributed by atoms with Crippen LogP contribution in [-0.4, -0.2) is 24.3 Å². The van der Waals surface area contributed by atoms with Crippen LogP contribution in [0.3, 0.4) is 0 Å². The third-order valence-corrected chi connectivity index (χ3v) is 4.66. The highest BCUT2D eigenvalue weighted by Gasteiger charge is 2.22. The minimum atomic E-state index is -0.682. The number of hydrogen-bond acceptors (Lipinski definition) is 5. The number of hydrogen-bond donors (Lipinski definition) is 2. The molecule has 0 bridgehead atoms. The number of esters is 1. The third kappa shape index (κ3) is 7.12. The standard InChI is InChI=1S/C23H24Cl2N2O4/c1-5-31-22(30)14-6-9-16(10-7-14)26-21(29)19(13-20(28)23(2,3)4)27-18-11-8-15(24)12-17(18)25/h6-13,27H,5H2,1-4H3,(H,26,29). The highest BCUT2D eigenvalue weighted by molar-refractivity contribution is 6.36. The monoisotopic (exact) mass is 462 g/mol. The first-order chi connectivity index (χ1) is 14.5. The van der Waals surface area contributed by atoms with Gasteiger partial charge in [0.2, 0.25) is 0 Å². The third-order valence-electron chi connectivity index (χ3n) is 4.11. The molecule has 0 atom stereocenters. The molecule has 0 aliphatic carbocycles. The molecule has 0 heterocycles. The second-order valence-corrected chi connectivity index (χ2v) is 8.52. The molecule has 164 valence electrons. The summed E-state index contributed by atoms with van der Waals surface area (Å²) in [5, 5.41) is 6.35. The van der Waals surface area contributed by atoms with E-state index < -0.39 is 17.3 Å². The second-order valence-electron chi connectivity index (χ2n) is 7.67. The van der Waals surface area contributed by atoms with E-state index in [1.165, 1.54) is 12.1 Å². The number of allylic oxidation sites excluding steroid dienone is 1. The van der Waals surface area contributed by atoms with Gasteiger partial charge in [-0.1, -0.05) is 44.0 Å². The van der Waals surface area contributed by atoms with Gasteiger partial charge in [-0.3, -0.25) is 9.59 Å². The molecule has 0 spiro atoms. The van der Waals surface area contributed by atoms with Crippen LogP contribution >= 0.6 is 23.2 Å². The molecule has 1 amide bonds. The molecule has 0 aromatic heterocycles. The maximum absolute atomic E-state index is 12.9. The van der Waals surface area contributed by atoms with Crippen molar-refractivity contribution in [2.75, 3.05) is 17.2 Å². The van der Waals surface area contributed by atoms with Gasteiger partial charge in [-0.2, -0.15) is 0 Å². The van der Waals surface area contributed by atoms with Crippen molar-refractivity contribution in [3.05, 3.63) is 69.8 Å². The molecule has 0 unspecified atom stereocenters. The van der Waals surface area contributed by atoms with Crippen molar-refractivity contribution in [2.24, 2.45) is 5.41 Å². The summed E-state index contributed by atoms with van der Waals surface area (Å²) in [4.78, 5) is 37.2. The average Bonchev–Trinajstić information content (AvgIpc) is 2.69. The van der Waals surface area contributed by atoms with E-state index in [9.17, 15) is 14.4 Å². The first kappa shape index (κ1) is 24.4. The Hall–Kier alpha value is -2.83. The zero-order chi connectivity index (χ0) is 23.2. The lowest BCUT2D eigenvalue weighted by atomic mass is 9.90. The predicted octanol–water partition coefficient (Wildman–Crippen LogP) is 5.72. The molecular formula is C23H24Cl2N2O4. The fourth-order valence-electron chi connectivity index (χ4n) is 2.34. The Kier molecular flexibility index (Phi) is 8.25. The van der Waals surface area contributed by atoms with Gasteiger partial charge in [0.1, 0.15) is 5.70 Å². The summed E-state index contributed by atoms with van der Waals surface area (Å²) in [6, 6.07) is 11.0. The molecule has 2 aromatic rings. The number of benzene rings is 2. The van der Waals surface area contributed by atoms with Crippen LogP contribution in [0.15, 0.2) is 54.2 Å². The van der Waals surface area contributed by atoms with Crippen LogP contribution < -0.4 is 10.6 Å². The van der Waals surface area contributed by atoms with Gasteiger partial charge in [0.15, 0.2) is 5.78 Å². The molecule has 2 N–H and O–H groups in total. The van der Waals surface area contributed by atoms with Crippen molar-refractivity contribution in [3.63, 3.8) is 0 Å². The van der Waals surface area contributed by atoms with Crippen LogP contribution in [0.25, 0.3) is 0 Å². The Morgan fingerprint density at radius 1 is 1.00 bits per heavy atom. The molecule has 0 fully saturated rings. The van der Waals surface area contributed by atoms with Gasteiger partial charge in [0.25, 0.3) is 5.91 Å². The molecular weight excluding hydrogens is 439 g/mol. The van der Waals surface area contributed by atoms with Gasteiger partial charge in [-0.15, -0.1) is 0 Å². The van der Waals surface area contributed by atoms with E-state index in [1.54, 1.807) is 64.1 Å². The van der Waals surface area contributed by atoms with Crippen molar-refractivity contribution in [1.29, 1.82) is 0 Å². The van der Waals surface area contributed by atoms with E-state index in [-0.39, 0.29) is 18.1 Å². The van der Waals surface area contributed by atoms with Crippen LogP contribution in [0, 0.1) is 5.41 Å². The lowest BCUT2D eigenvalue weighted by Gasteiger charge is -2.17. The van der Waals surface area contributed by atoms with Gasteiger partial charge >= 0.3 is 5.97 Å². The molecule has 0 saturated heterocycles. The number of amides is 1. The fourth-order valence-corrected chi connectivity index (χ4v) is 2.80. The summed E-state index contributed by atoms with van der Waals surface area (Å²) in [7, 11) is 0. The Bertz CT molecular complexity index is 1010. The lowest BCUT2D eigenvalue weighted by molar-refractivity contribution is -0.122. The Morgan fingerprint density at radius 3 is 2.19 bits per heavy atom. The van der Waals surface area contributed by atoms with Crippen LogP contribution in [0.2, 0.25) is 10.0 Å². The number of anilines is 2. The van der Waals surface area contributed by atoms with Crippen molar-refractivity contribution < 1.29 is 19.1 Å². The molecule has 0 aliphatic rings. The number of rotatable bonds is 7. The maximum Gasteiger partial charge on any atom is 0.338 e. The second kappa shape index (κ2) is 10.5. The van der Waals surface area contributed by atoms with E-state index in [0.717, 1.165) is 0 Å². The largest absolute Gasteiger partial charge is 0.462 e. The van der Waals surface area contributed by atoms with Crippen molar-refractivity contribution in [2.45, 2.75) is 27.7 Å². The van der Waals surface area contributed by atoms with Crippen LogP contribution in [-0.2, 0) is 14.3 Å². The number of halogens is 2. The van der Waals surface area contributed by atoms with E-state index >= 15 is 0 Å². The van der Waals surface area contributed by atoms with Gasteiger partial charge < -0.3 is 15.4 Å². The number of nitrogens with one attached hydrogen (secondary N) is 2. The maximum atomic E-state index is 12.9. The lowest BCUT2D eigenvalue weighted by Crippen LogP contribution is -2.24. The van der Waals surface area contributed by atoms with E-state index in [2.05, 4.69) is 10.6 Å². The smallest absolute Gasteiger partial charge is 0.338 e. The minimum Gasteiger partial charge on any atom is -0.462 e. The van der Waals surface area contributed by atoms with Crippen LogP contribution in [0.5, 0.6) is 0 Å². The Balaban J connectivity index is 2.28. The fraction of sp³-hybridized carbons (Fsp3) is 0.261. The first-order valence-electron chi connectivity index (χ1n) is 9.58. The summed E-state index contributed by atoms with van der Waals surface area (Å²) in [5.41, 5.74) is 0.560. The molecule has 2 aromatic carbocycles. The summed E-state index contributed by atoms with van der Waals surface area (Å²) < 4.78 is 4.94. The Labute approximate surface area is 191 Å². The van der Waals surface area contributed by atoms with E-state index in [0.29, 0.717) is 27.0 Å². The zero-order valence-corrected chi connectivity index (χ0v) is 19.2.